The SMILES string of the molecule is COCCCC(=O)c1cc(Br)ccc1Cl. The standard InChI is InChI=1S/C11H12BrClO2/c1-15-6-2-3-11(14)9-7-8(12)4-5-10(9)13/h4-5,7H,2-3,6H2,1H3. The van der Waals surface area contributed by atoms with E-state index in [1.54, 1.807) is 19.2 Å². The lowest BCUT2D eigenvalue weighted by Gasteiger charge is -2.03. The third-order valence-corrected chi connectivity index (χ3v) is 2.80. The lowest BCUT2D eigenvalue weighted by molar-refractivity contribution is 0.0963. The zero-order valence-electron chi connectivity index (χ0n) is 8.43. The average molecular weight is 292 g/mol. The summed E-state index contributed by atoms with van der Waals surface area (Å²) in [6.45, 7) is 0.595. The van der Waals surface area contributed by atoms with Gasteiger partial charge in [0.15, 0.2) is 5.78 Å². The van der Waals surface area contributed by atoms with Crippen LogP contribution in [0.3, 0.4) is 0 Å². The van der Waals surface area contributed by atoms with E-state index >= 15 is 0 Å². The summed E-state index contributed by atoms with van der Waals surface area (Å²) in [5, 5.41) is 0.501. The third kappa shape index (κ3) is 3.93. The third-order valence-electron chi connectivity index (χ3n) is 1.98. The molecule has 82 valence electrons. The number of benzene rings is 1. The van der Waals surface area contributed by atoms with E-state index in [0.29, 0.717) is 23.6 Å². The van der Waals surface area contributed by atoms with Gasteiger partial charge in [-0.15, -0.1) is 0 Å². The average Bonchev–Trinajstić information content (AvgIpc) is 2.22. The molecule has 1 aromatic rings. The molecule has 0 bridgehead atoms. The van der Waals surface area contributed by atoms with Gasteiger partial charge in [0, 0.05) is 30.2 Å². The van der Waals surface area contributed by atoms with Gasteiger partial charge in [-0.2, -0.15) is 0 Å². The van der Waals surface area contributed by atoms with Gasteiger partial charge in [-0.3, -0.25) is 4.79 Å². The zero-order chi connectivity index (χ0) is 11.3. The van der Waals surface area contributed by atoms with Crippen LogP contribution in [0, 0.1) is 0 Å². The van der Waals surface area contributed by atoms with Gasteiger partial charge >= 0.3 is 0 Å². The molecule has 0 spiro atoms. The molecule has 0 fully saturated rings. The van der Waals surface area contributed by atoms with Crippen molar-refractivity contribution in [1.82, 2.24) is 0 Å². The summed E-state index contributed by atoms with van der Waals surface area (Å²) in [4.78, 5) is 11.7. The van der Waals surface area contributed by atoms with Crippen LogP contribution in [0.5, 0.6) is 0 Å². The van der Waals surface area contributed by atoms with Gasteiger partial charge in [0.25, 0.3) is 0 Å². The summed E-state index contributed by atoms with van der Waals surface area (Å²) in [6, 6.07) is 5.28. The fourth-order valence-corrected chi connectivity index (χ4v) is 1.81. The Kier molecular flexibility index (Phi) is 5.29. The molecule has 15 heavy (non-hydrogen) atoms. The molecule has 0 unspecified atom stereocenters. The molecule has 0 aliphatic rings. The number of Topliss-reactive ketones (excluding diaryl/α,β-unsaturated/α-hetero) is 1. The van der Waals surface area contributed by atoms with Crippen molar-refractivity contribution in [3.8, 4) is 0 Å². The van der Waals surface area contributed by atoms with E-state index in [-0.39, 0.29) is 5.78 Å². The normalized spacial score (nSPS) is 10.3. The zero-order valence-corrected chi connectivity index (χ0v) is 10.8. The Balaban J connectivity index is 2.68. The molecular formula is C11H12BrClO2. The van der Waals surface area contributed by atoms with Gasteiger partial charge in [0.1, 0.15) is 0 Å². The van der Waals surface area contributed by atoms with E-state index in [0.717, 1.165) is 10.9 Å². The van der Waals surface area contributed by atoms with Gasteiger partial charge in [0.2, 0.25) is 0 Å². The van der Waals surface area contributed by atoms with Crippen LogP contribution in [0.15, 0.2) is 22.7 Å². The maximum atomic E-state index is 11.7. The Labute approximate surface area is 103 Å². The molecule has 1 rings (SSSR count). The molecule has 4 heteroatoms. The first-order valence-corrected chi connectivity index (χ1v) is 5.79. The van der Waals surface area contributed by atoms with E-state index < -0.39 is 0 Å². The van der Waals surface area contributed by atoms with Crippen molar-refractivity contribution in [2.45, 2.75) is 12.8 Å². The topological polar surface area (TPSA) is 26.3 Å². The molecule has 0 aromatic heterocycles. The van der Waals surface area contributed by atoms with E-state index in [1.807, 2.05) is 6.07 Å². The molecule has 0 radical (unpaired) electrons. The minimum Gasteiger partial charge on any atom is -0.385 e. The minimum atomic E-state index is 0.0540. The van der Waals surface area contributed by atoms with Crippen LogP contribution in [0.4, 0.5) is 0 Å². The smallest absolute Gasteiger partial charge is 0.164 e. The lowest BCUT2D eigenvalue weighted by atomic mass is 10.1. The Morgan fingerprint density at radius 3 is 2.93 bits per heavy atom. The second-order valence-electron chi connectivity index (χ2n) is 3.14. The number of ketones is 1. The van der Waals surface area contributed by atoms with Crippen molar-refractivity contribution in [2.75, 3.05) is 13.7 Å². The van der Waals surface area contributed by atoms with Gasteiger partial charge < -0.3 is 4.74 Å². The monoisotopic (exact) mass is 290 g/mol. The highest BCUT2D eigenvalue weighted by atomic mass is 79.9. The predicted octanol–water partition coefficient (Wildman–Crippen LogP) is 3.71. The molecule has 1 aromatic carbocycles. The minimum absolute atomic E-state index is 0.0540. The summed E-state index contributed by atoms with van der Waals surface area (Å²) in [6.07, 6.45) is 1.18. The van der Waals surface area contributed by atoms with Crippen LogP contribution >= 0.6 is 27.5 Å². The molecule has 0 heterocycles. The summed E-state index contributed by atoms with van der Waals surface area (Å²) < 4.78 is 5.75. The Bertz CT molecular complexity index is 352. The van der Waals surface area contributed by atoms with Crippen LogP contribution in [0.25, 0.3) is 0 Å². The van der Waals surface area contributed by atoms with E-state index in [9.17, 15) is 4.79 Å². The van der Waals surface area contributed by atoms with Crippen LogP contribution in [-0.4, -0.2) is 19.5 Å². The van der Waals surface area contributed by atoms with Crippen LogP contribution in [-0.2, 0) is 4.74 Å². The van der Waals surface area contributed by atoms with Crippen LogP contribution in [0.1, 0.15) is 23.2 Å². The highest BCUT2D eigenvalue weighted by Crippen LogP contribution is 2.22. The number of hydrogen-bond acceptors (Lipinski definition) is 2. The van der Waals surface area contributed by atoms with Gasteiger partial charge in [0.05, 0.1) is 5.02 Å². The lowest BCUT2D eigenvalue weighted by Crippen LogP contribution is -2.02. The maximum Gasteiger partial charge on any atom is 0.164 e. The Morgan fingerprint density at radius 1 is 1.53 bits per heavy atom. The fourth-order valence-electron chi connectivity index (χ4n) is 1.22. The molecule has 0 saturated carbocycles. The summed E-state index contributed by atoms with van der Waals surface area (Å²) in [7, 11) is 1.62. The molecule has 0 atom stereocenters. The van der Waals surface area contributed by atoms with Crippen molar-refractivity contribution in [3.63, 3.8) is 0 Å². The largest absolute Gasteiger partial charge is 0.385 e. The number of rotatable bonds is 5. The molecule has 2 nitrogen and oxygen atoms in total. The maximum absolute atomic E-state index is 11.7. The van der Waals surface area contributed by atoms with E-state index in [4.69, 9.17) is 16.3 Å². The molecular weight excluding hydrogens is 279 g/mol. The fraction of sp³-hybridized carbons (Fsp3) is 0.364. The van der Waals surface area contributed by atoms with E-state index in [1.165, 1.54) is 0 Å². The van der Waals surface area contributed by atoms with Crippen molar-refractivity contribution in [2.24, 2.45) is 0 Å². The first-order valence-electron chi connectivity index (χ1n) is 4.62. The number of ether oxygens (including phenoxy) is 1. The Hall–Kier alpha value is -0.380. The van der Waals surface area contributed by atoms with Crippen molar-refractivity contribution >= 4 is 33.3 Å². The number of hydrogen-bond donors (Lipinski definition) is 0. The second kappa shape index (κ2) is 6.26. The number of methoxy groups -OCH3 is 1. The van der Waals surface area contributed by atoms with Gasteiger partial charge in [-0.1, -0.05) is 27.5 Å². The first kappa shape index (κ1) is 12.7. The summed E-state index contributed by atoms with van der Waals surface area (Å²) in [5.41, 5.74) is 0.571. The highest BCUT2D eigenvalue weighted by Gasteiger charge is 2.10. The first-order chi connectivity index (χ1) is 7.15. The molecule has 0 N–H and O–H groups in total. The number of carbonyl (C=O) groups excluding carboxylic acids is 1. The molecule has 0 aliphatic carbocycles. The van der Waals surface area contributed by atoms with Crippen LogP contribution in [0.2, 0.25) is 5.02 Å². The highest BCUT2D eigenvalue weighted by molar-refractivity contribution is 9.10. The van der Waals surface area contributed by atoms with Gasteiger partial charge in [-0.05, 0) is 24.6 Å². The number of carbonyl (C=O) groups is 1. The predicted molar refractivity (Wildman–Crippen MR) is 64.6 cm³/mol. The van der Waals surface area contributed by atoms with Crippen LogP contribution < -0.4 is 0 Å². The second-order valence-corrected chi connectivity index (χ2v) is 4.47. The molecule has 0 aliphatic heterocycles. The Morgan fingerprint density at radius 2 is 2.27 bits per heavy atom. The van der Waals surface area contributed by atoms with Crippen molar-refractivity contribution in [3.05, 3.63) is 33.3 Å². The molecule has 0 saturated heterocycles. The van der Waals surface area contributed by atoms with E-state index in [2.05, 4.69) is 15.9 Å². The number of halogens is 2. The summed E-state index contributed by atoms with van der Waals surface area (Å²) in [5.74, 6) is 0.0540. The van der Waals surface area contributed by atoms with Crippen molar-refractivity contribution < 1.29 is 9.53 Å². The van der Waals surface area contributed by atoms with Gasteiger partial charge in [-0.25, -0.2) is 0 Å². The van der Waals surface area contributed by atoms with Crippen molar-refractivity contribution in [1.29, 1.82) is 0 Å². The molecule has 0 amide bonds. The summed E-state index contributed by atoms with van der Waals surface area (Å²) >= 11 is 9.24. The quantitative estimate of drug-likeness (QED) is 0.610.